The van der Waals surface area contributed by atoms with Crippen LogP contribution in [-0.2, 0) is 4.79 Å². The van der Waals surface area contributed by atoms with Crippen molar-refractivity contribution >= 4 is 36.5 Å². The first kappa shape index (κ1) is 17.2. The summed E-state index contributed by atoms with van der Waals surface area (Å²) in [4.78, 5) is 29.9. The van der Waals surface area contributed by atoms with Crippen LogP contribution in [0.5, 0.6) is 0 Å². The molecule has 0 unspecified atom stereocenters. The molecule has 1 aromatic heterocycles. The van der Waals surface area contributed by atoms with Gasteiger partial charge in [-0.05, 0) is 6.92 Å². The van der Waals surface area contributed by atoms with Gasteiger partial charge in [0.1, 0.15) is 5.69 Å². The van der Waals surface area contributed by atoms with E-state index < -0.39 is 17.2 Å². The van der Waals surface area contributed by atoms with E-state index in [1.165, 1.54) is 25.5 Å². The molecule has 0 aliphatic rings. The zero-order chi connectivity index (χ0) is 10.8. The average molecular weight is 267 g/mol. The van der Waals surface area contributed by atoms with Gasteiger partial charge in [-0.1, -0.05) is 0 Å². The minimum Gasteiger partial charge on any atom is -0.368 e. The lowest BCUT2D eigenvalue weighted by Crippen LogP contribution is -2.55. The first-order valence-electron chi connectivity index (χ1n) is 3.86. The largest absolute Gasteiger partial charge is 0.368 e. The molecule has 6 nitrogen and oxygen atoms in total. The molecular weight excluding hydrogens is 255 g/mol. The van der Waals surface area contributed by atoms with Gasteiger partial charge in [0, 0.05) is 12.4 Å². The monoisotopic (exact) mass is 266 g/mol. The van der Waals surface area contributed by atoms with Crippen LogP contribution >= 0.6 is 24.8 Å². The molecule has 0 fully saturated rings. The summed E-state index contributed by atoms with van der Waals surface area (Å²) in [5, 5.41) is 0. The number of hydrogen-bond acceptors (Lipinski definition) is 5. The van der Waals surface area contributed by atoms with Crippen LogP contribution in [-0.4, -0.2) is 27.2 Å². The van der Waals surface area contributed by atoms with Crippen LogP contribution in [0.1, 0.15) is 17.4 Å². The summed E-state index contributed by atoms with van der Waals surface area (Å²) in [7, 11) is 0. The van der Waals surface area contributed by atoms with Crippen LogP contribution in [0.3, 0.4) is 0 Å². The minimum atomic E-state index is -1.74. The number of aromatic nitrogens is 2. The third-order valence-electron chi connectivity index (χ3n) is 1.78. The lowest BCUT2D eigenvalue weighted by molar-refractivity contribution is -0.121. The highest BCUT2D eigenvalue weighted by Gasteiger charge is 2.36. The maximum absolute atomic E-state index is 11.6. The Bertz CT molecular complexity index is 370. The van der Waals surface area contributed by atoms with Crippen LogP contribution in [0.15, 0.2) is 18.6 Å². The Morgan fingerprint density at radius 2 is 1.88 bits per heavy atom. The molecular formula is C8H12Cl2N4O2. The standard InChI is InChI=1S/C8H10N4O2.2ClH/c1-8(10,7(9)14)6(13)5-4-11-2-3-12-5;;/h2-4H,10H2,1H3,(H2,9,14);2*1H/t8-;;/m0../s1. The molecule has 1 amide bonds. The molecule has 0 aliphatic carbocycles. The van der Waals surface area contributed by atoms with E-state index >= 15 is 0 Å². The van der Waals surface area contributed by atoms with Gasteiger partial charge in [-0.15, -0.1) is 24.8 Å². The predicted molar refractivity (Wildman–Crippen MR) is 62.6 cm³/mol. The van der Waals surface area contributed by atoms with Gasteiger partial charge in [-0.3, -0.25) is 14.6 Å². The molecule has 0 saturated heterocycles. The molecule has 0 saturated carbocycles. The summed E-state index contributed by atoms with van der Waals surface area (Å²) in [6, 6.07) is 0. The summed E-state index contributed by atoms with van der Waals surface area (Å²) in [5.74, 6) is -1.54. The fraction of sp³-hybridized carbons (Fsp3) is 0.250. The quantitative estimate of drug-likeness (QED) is 0.577. The fourth-order valence-corrected chi connectivity index (χ4v) is 0.794. The van der Waals surface area contributed by atoms with Crippen molar-refractivity contribution < 1.29 is 9.59 Å². The van der Waals surface area contributed by atoms with E-state index in [2.05, 4.69) is 9.97 Å². The molecule has 0 aromatic carbocycles. The fourth-order valence-electron chi connectivity index (χ4n) is 0.794. The highest BCUT2D eigenvalue weighted by atomic mass is 35.5. The Balaban J connectivity index is 0. The number of nitrogens with two attached hydrogens (primary N) is 2. The van der Waals surface area contributed by atoms with Gasteiger partial charge in [0.25, 0.3) is 0 Å². The van der Waals surface area contributed by atoms with Gasteiger partial charge in [0.15, 0.2) is 5.54 Å². The summed E-state index contributed by atoms with van der Waals surface area (Å²) in [6.07, 6.45) is 3.98. The maximum atomic E-state index is 11.6. The molecule has 0 spiro atoms. The molecule has 4 N–H and O–H groups in total. The molecule has 1 rings (SSSR count). The SMILES string of the molecule is C[C@@](N)(C(N)=O)C(=O)c1cnccn1.Cl.Cl. The Morgan fingerprint density at radius 1 is 1.31 bits per heavy atom. The summed E-state index contributed by atoms with van der Waals surface area (Å²) in [6.45, 7) is 1.24. The number of hydrogen-bond donors (Lipinski definition) is 2. The molecule has 1 atom stereocenters. The van der Waals surface area contributed by atoms with E-state index in [9.17, 15) is 9.59 Å². The summed E-state index contributed by atoms with van der Waals surface area (Å²) in [5.41, 5.74) is 8.70. The van der Waals surface area contributed by atoms with Crippen molar-refractivity contribution in [3.05, 3.63) is 24.3 Å². The van der Waals surface area contributed by atoms with Crippen LogP contribution in [0.2, 0.25) is 0 Å². The van der Waals surface area contributed by atoms with E-state index in [0.29, 0.717) is 0 Å². The maximum Gasteiger partial charge on any atom is 0.245 e. The van der Waals surface area contributed by atoms with Crippen molar-refractivity contribution in [2.75, 3.05) is 0 Å². The second-order valence-electron chi connectivity index (χ2n) is 2.99. The second kappa shape index (κ2) is 6.37. The number of carbonyl (C=O) groups excluding carboxylic acids is 2. The second-order valence-corrected chi connectivity index (χ2v) is 2.99. The molecule has 8 heteroatoms. The normalized spacial score (nSPS) is 12.6. The zero-order valence-corrected chi connectivity index (χ0v) is 10.0. The summed E-state index contributed by atoms with van der Waals surface area (Å²) >= 11 is 0. The number of halogens is 2. The number of primary amides is 1. The van der Waals surface area contributed by atoms with E-state index in [0.717, 1.165) is 0 Å². The lowest BCUT2D eigenvalue weighted by atomic mass is 9.95. The van der Waals surface area contributed by atoms with Gasteiger partial charge in [0.05, 0.1) is 6.20 Å². The van der Waals surface area contributed by atoms with Crippen LogP contribution in [0.4, 0.5) is 0 Å². The van der Waals surface area contributed by atoms with Gasteiger partial charge in [-0.25, -0.2) is 4.98 Å². The molecule has 16 heavy (non-hydrogen) atoms. The van der Waals surface area contributed by atoms with E-state index in [4.69, 9.17) is 11.5 Å². The summed E-state index contributed by atoms with van der Waals surface area (Å²) < 4.78 is 0. The number of ketones is 1. The van der Waals surface area contributed by atoms with Gasteiger partial charge in [-0.2, -0.15) is 0 Å². The molecule has 90 valence electrons. The van der Waals surface area contributed by atoms with Crippen molar-refractivity contribution in [2.24, 2.45) is 11.5 Å². The zero-order valence-electron chi connectivity index (χ0n) is 8.41. The molecule has 0 bridgehead atoms. The number of carbonyl (C=O) groups is 2. The van der Waals surface area contributed by atoms with Crippen LogP contribution in [0.25, 0.3) is 0 Å². The molecule has 0 radical (unpaired) electrons. The van der Waals surface area contributed by atoms with E-state index in [-0.39, 0.29) is 30.5 Å². The van der Waals surface area contributed by atoms with Crippen LogP contribution in [0, 0.1) is 0 Å². The van der Waals surface area contributed by atoms with Crippen molar-refractivity contribution in [1.29, 1.82) is 0 Å². The Morgan fingerprint density at radius 3 is 2.25 bits per heavy atom. The number of amides is 1. The van der Waals surface area contributed by atoms with Gasteiger partial charge >= 0.3 is 0 Å². The third-order valence-corrected chi connectivity index (χ3v) is 1.78. The lowest BCUT2D eigenvalue weighted by Gasteiger charge is -2.17. The van der Waals surface area contributed by atoms with E-state index in [1.807, 2.05) is 0 Å². The molecule has 1 aromatic rings. The van der Waals surface area contributed by atoms with E-state index in [1.54, 1.807) is 0 Å². The number of rotatable bonds is 3. The average Bonchev–Trinajstić information content (AvgIpc) is 2.17. The Kier molecular flexibility index (Phi) is 6.83. The highest BCUT2D eigenvalue weighted by Crippen LogP contribution is 2.06. The number of Topliss-reactive ketones (excluding diaryl/α,β-unsaturated/α-hetero) is 1. The smallest absolute Gasteiger partial charge is 0.245 e. The van der Waals surface area contributed by atoms with Crippen molar-refractivity contribution in [1.82, 2.24) is 9.97 Å². The minimum absolute atomic E-state index is 0. The van der Waals surface area contributed by atoms with Crippen molar-refractivity contribution in [3.63, 3.8) is 0 Å². The number of nitrogens with zero attached hydrogens (tertiary/aromatic N) is 2. The van der Waals surface area contributed by atoms with Gasteiger partial charge < -0.3 is 11.5 Å². The Labute approximate surface area is 105 Å². The third kappa shape index (κ3) is 3.41. The highest BCUT2D eigenvalue weighted by molar-refractivity contribution is 6.16. The first-order chi connectivity index (χ1) is 6.46. The first-order valence-corrected chi connectivity index (χ1v) is 3.86. The topological polar surface area (TPSA) is 112 Å². The van der Waals surface area contributed by atoms with Gasteiger partial charge in [0.2, 0.25) is 11.7 Å². The molecule has 1 heterocycles. The van der Waals surface area contributed by atoms with Crippen molar-refractivity contribution in [2.45, 2.75) is 12.5 Å². The van der Waals surface area contributed by atoms with Crippen molar-refractivity contribution in [3.8, 4) is 0 Å². The predicted octanol–water partition coefficient (Wildman–Crippen LogP) is -0.294. The molecule has 0 aliphatic heterocycles. The Hall–Kier alpha value is -1.24. The van der Waals surface area contributed by atoms with Crippen LogP contribution < -0.4 is 11.5 Å².